The highest BCUT2D eigenvalue weighted by Gasteiger charge is 2.21. The number of carbonyl (C=O) groups is 1. The zero-order valence-corrected chi connectivity index (χ0v) is 9.60. The first kappa shape index (κ1) is 9.71. The summed E-state index contributed by atoms with van der Waals surface area (Å²) in [4.78, 5) is 11.6. The van der Waals surface area contributed by atoms with E-state index in [4.69, 9.17) is 0 Å². The quantitative estimate of drug-likeness (QED) is 0.755. The van der Waals surface area contributed by atoms with Crippen molar-refractivity contribution in [3.63, 3.8) is 0 Å². The van der Waals surface area contributed by atoms with Crippen LogP contribution in [-0.2, 0) is 11.2 Å². The largest absolute Gasteiger partial charge is 0.355 e. The third-order valence-electron chi connectivity index (χ3n) is 2.66. The molecule has 1 aliphatic heterocycles. The van der Waals surface area contributed by atoms with E-state index in [1.807, 2.05) is 19.1 Å². The third kappa shape index (κ3) is 1.69. The minimum absolute atomic E-state index is 0.0370. The highest BCUT2D eigenvalue weighted by atomic mass is 79.9. The highest BCUT2D eigenvalue weighted by molar-refractivity contribution is 9.10. The summed E-state index contributed by atoms with van der Waals surface area (Å²) in [5, 5.41) is 2.91. The van der Waals surface area contributed by atoms with E-state index in [2.05, 4.69) is 27.3 Å². The molecule has 1 aromatic rings. The van der Waals surface area contributed by atoms with Gasteiger partial charge in [-0.15, -0.1) is 0 Å². The normalized spacial score (nSPS) is 21.0. The second-order valence-electron chi connectivity index (χ2n) is 3.61. The highest BCUT2D eigenvalue weighted by Crippen LogP contribution is 2.26. The Morgan fingerprint density at radius 1 is 1.50 bits per heavy atom. The van der Waals surface area contributed by atoms with Gasteiger partial charge in [-0.1, -0.05) is 22.0 Å². The topological polar surface area (TPSA) is 29.1 Å². The summed E-state index contributed by atoms with van der Waals surface area (Å²) in [5.41, 5.74) is 2.42. The number of carbonyl (C=O) groups excluding carboxylic acids is 1. The molecule has 0 aliphatic carbocycles. The molecule has 2 nitrogen and oxygen atoms in total. The molecule has 1 aliphatic rings. The van der Waals surface area contributed by atoms with Crippen LogP contribution >= 0.6 is 15.9 Å². The number of amides is 1. The Hall–Kier alpha value is -0.830. The van der Waals surface area contributed by atoms with E-state index in [9.17, 15) is 4.79 Å². The summed E-state index contributed by atoms with van der Waals surface area (Å²) in [5.74, 6) is 0.0897. The lowest BCUT2D eigenvalue weighted by atomic mass is 9.95. The number of benzene rings is 1. The Bertz CT molecular complexity index is 376. The molecule has 0 bridgehead atoms. The molecule has 1 heterocycles. The van der Waals surface area contributed by atoms with Crippen molar-refractivity contribution in [1.29, 1.82) is 0 Å². The van der Waals surface area contributed by atoms with Crippen LogP contribution in [0.25, 0.3) is 0 Å². The molecule has 14 heavy (non-hydrogen) atoms. The van der Waals surface area contributed by atoms with E-state index in [1.54, 1.807) is 0 Å². The number of rotatable bonds is 0. The Labute approximate surface area is 91.8 Å². The molecule has 0 saturated carbocycles. The van der Waals surface area contributed by atoms with Crippen LogP contribution in [0, 0.1) is 0 Å². The summed E-state index contributed by atoms with van der Waals surface area (Å²) in [6.07, 6.45) is 0.929. The Morgan fingerprint density at radius 2 is 2.29 bits per heavy atom. The maximum absolute atomic E-state index is 11.6. The molecule has 0 unspecified atom stereocenters. The van der Waals surface area contributed by atoms with Crippen molar-refractivity contribution in [1.82, 2.24) is 5.32 Å². The smallest absolute Gasteiger partial charge is 0.227 e. The van der Waals surface area contributed by atoms with Gasteiger partial charge in [0.05, 0.1) is 5.92 Å². The van der Waals surface area contributed by atoms with Gasteiger partial charge in [0, 0.05) is 11.0 Å². The summed E-state index contributed by atoms with van der Waals surface area (Å²) in [6.45, 7) is 2.70. The van der Waals surface area contributed by atoms with Crippen LogP contribution in [0.2, 0.25) is 0 Å². The Morgan fingerprint density at radius 3 is 3.07 bits per heavy atom. The van der Waals surface area contributed by atoms with Crippen molar-refractivity contribution in [2.75, 3.05) is 6.54 Å². The Balaban J connectivity index is 2.49. The van der Waals surface area contributed by atoms with Crippen molar-refractivity contribution in [2.24, 2.45) is 0 Å². The van der Waals surface area contributed by atoms with Crippen molar-refractivity contribution < 1.29 is 4.79 Å². The van der Waals surface area contributed by atoms with Crippen LogP contribution in [0.4, 0.5) is 0 Å². The first-order valence-electron chi connectivity index (χ1n) is 4.74. The van der Waals surface area contributed by atoms with Gasteiger partial charge in [0.15, 0.2) is 0 Å². The fraction of sp³-hybridized carbons (Fsp3) is 0.364. The van der Waals surface area contributed by atoms with Gasteiger partial charge < -0.3 is 5.32 Å². The van der Waals surface area contributed by atoms with Gasteiger partial charge in [-0.3, -0.25) is 4.79 Å². The van der Waals surface area contributed by atoms with Gasteiger partial charge in [0.25, 0.3) is 0 Å². The van der Waals surface area contributed by atoms with Crippen LogP contribution in [0.1, 0.15) is 24.0 Å². The lowest BCUT2D eigenvalue weighted by molar-refractivity contribution is -0.121. The lowest BCUT2D eigenvalue weighted by Gasteiger charge is -2.10. The van der Waals surface area contributed by atoms with Crippen LogP contribution < -0.4 is 5.32 Å². The number of hydrogen-bond acceptors (Lipinski definition) is 1. The van der Waals surface area contributed by atoms with E-state index in [1.165, 1.54) is 5.56 Å². The summed E-state index contributed by atoms with van der Waals surface area (Å²) in [6, 6.07) is 6.17. The SMILES string of the molecule is C[C@H]1C(=O)NCCc2ccc(Br)cc21. The first-order valence-corrected chi connectivity index (χ1v) is 5.54. The molecular weight excluding hydrogens is 242 g/mol. The fourth-order valence-electron chi connectivity index (χ4n) is 1.81. The molecule has 1 N–H and O–H groups in total. The zero-order valence-electron chi connectivity index (χ0n) is 8.01. The molecular formula is C11H12BrNO. The van der Waals surface area contributed by atoms with Crippen molar-refractivity contribution in [3.8, 4) is 0 Å². The van der Waals surface area contributed by atoms with Gasteiger partial charge in [0.1, 0.15) is 0 Å². The minimum atomic E-state index is -0.0370. The van der Waals surface area contributed by atoms with Gasteiger partial charge in [0.2, 0.25) is 5.91 Å². The van der Waals surface area contributed by atoms with Crippen molar-refractivity contribution in [3.05, 3.63) is 33.8 Å². The molecule has 0 spiro atoms. The van der Waals surface area contributed by atoms with Crippen LogP contribution in [0.5, 0.6) is 0 Å². The molecule has 1 amide bonds. The zero-order chi connectivity index (χ0) is 10.1. The average Bonchev–Trinajstić information content (AvgIpc) is 2.30. The molecule has 0 fully saturated rings. The molecule has 0 aromatic heterocycles. The monoisotopic (exact) mass is 253 g/mol. The maximum Gasteiger partial charge on any atom is 0.227 e. The summed E-state index contributed by atoms with van der Waals surface area (Å²) < 4.78 is 1.04. The van der Waals surface area contributed by atoms with Gasteiger partial charge in [-0.05, 0) is 36.6 Å². The minimum Gasteiger partial charge on any atom is -0.355 e. The van der Waals surface area contributed by atoms with Crippen molar-refractivity contribution in [2.45, 2.75) is 19.3 Å². The van der Waals surface area contributed by atoms with Gasteiger partial charge in [-0.2, -0.15) is 0 Å². The standard InChI is InChI=1S/C11H12BrNO/c1-7-10-6-9(12)3-2-8(10)4-5-13-11(7)14/h2-3,6-7H,4-5H2,1H3,(H,13,14)/t7-/m1/s1. The van der Waals surface area contributed by atoms with Crippen LogP contribution in [-0.4, -0.2) is 12.5 Å². The third-order valence-corrected chi connectivity index (χ3v) is 3.15. The van der Waals surface area contributed by atoms with E-state index in [-0.39, 0.29) is 11.8 Å². The molecule has 3 heteroatoms. The number of halogens is 1. The van der Waals surface area contributed by atoms with Crippen molar-refractivity contribution >= 4 is 21.8 Å². The number of fused-ring (bicyclic) bond motifs is 1. The molecule has 1 aromatic carbocycles. The van der Waals surface area contributed by atoms with E-state index < -0.39 is 0 Å². The lowest BCUT2D eigenvalue weighted by Crippen LogP contribution is -2.26. The summed E-state index contributed by atoms with van der Waals surface area (Å²) in [7, 11) is 0. The molecule has 0 saturated heterocycles. The fourth-order valence-corrected chi connectivity index (χ4v) is 2.19. The molecule has 2 rings (SSSR count). The Kier molecular flexibility index (Phi) is 2.59. The van der Waals surface area contributed by atoms with E-state index >= 15 is 0 Å². The molecule has 74 valence electrons. The molecule has 0 radical (unpaired) electrons. The number of hydrogen-bond donors (Lipinski definition) is 1. The number of nitrogens with one attached hydrogen (secondary N) is 1. The van der Waals surface area contributed by atoms with Crippen LogP contribution in [0.15, 0.2) is 22.7 Å². The maximum atomic E-state index is 11.6. The predicted molar refractivity (Wildman–Crippen MR) is 59.3 cm³/mol. The predicted octanol–water partition coefficient (Wildman–Crippen LogP) is 2.22. The van der Waals surface area contributed by atoms with E-state index in [0.29, 0.717) is 0 Å². The summed E-state index contributed by atoms with van der Waals surface area (Å²) >= 11 is 3.43. The average molecular weight is 254 g/mol. The molecule has 1 atom stereocenters. The first-order chi connectivity index (χ1) is 6.68. The van der Waals surface area contributed by atoms with Gasteiger partial charge >= 0.3 is 0 Å². The van der Waals surface area contributed by atoms with Crippen LogP contribution in [0.3, 0.4) is 0 Å². The second kappa shape index (κ2) is 3.73. The second-order valence-corrected chi connectivity index (χ2v) is 4.52. The van der Waals surface area contributed by atoms with E-state index in [0.717, 1.165) is 23.0 Å². The van der Waals surface area contributed by atoms with Gasteiger partial charge in [-0.25, -0.2) is 0 Å².